The van der Waals surface area contributed by atoms with Gasteiger partial charge in [-0.15, -0.1) is 0 Å². The minimum absolute atomic E-state index is 0.0509. The number of carbonyl (C=O) groups excluding carboxylic acids is 2. The molecule has 0 aliphatic rings. The fourth-order valence-corrected chi connectivity index (χ4v) is 5.37. The van der Waals surface area contributed by atoms with Gasteiger partial charge in [0.2, 0.25) is 11.8 Å². The third-order valence-electron chi connectivity index (χ3n) is 5.60. The highest BCUT2D eigenvalue weighted by atomic mass is 79.9. The Morgan fingerprint density at radius 2 is 1.51 bits per heavy atom. The van der Waals surface area contributed by atoms with Gasteiger partial charge in [-0.2, -0.15) is 0 Å². The van der Waals surface area contributed by atoms with E-state index in [9.17, 15) is 22.4 Å². The first-order valence-corrected chi connectivity index (χ1v) is 13.9. The number of rotatable bonds is 10. The maximum Gasteiger partial charge on any atom is 0.264 e. The summed E-state index contributed by atoms with van der Waals surface area (Å²) in [5.41, 5.74) is 0.478. The standard InChI is InChI=1S/C27H29BrFN3O4S/c1-19(2)30-27(34)20(3)31(17-21-13-15-22(28)16-14-21)26(33)18-32(25-12-8-7-11-24(25)29)37(35,36)23-9-5-4-6-10-23/h4-16,19-20H,17-18H2,1-3H3,(H,30,34). The molecule has 0 saturated heterocycles. The van der Waals surface area contributed by atoms with Gasteiger partial charge in [-0.25, -0.2) is 12.8 Å². The van der Waals surface area contributed by atoms with Crippen LogP contribution in [0.25, 0.3) is 0 Å². The van der Waals surface area contributed by atoms with E-state index in [0.717, 1.165) is 20.4 Å². The third kappa shape index (κ3) is 7.17. The summed E-state index contributed by atoms with van der Waals surface area (Å²) in [6.45, 7) is 4.53. The second-order valence-electron chi connectivity index (χ2n) is 8.76. The van der Waals surface area contributed by atoms with E-state index in [1.807, 2.05) is 12.1 Å². The first-order chi connectivity index (χ1) is 17.5. The van der Waals surface area contributed by atoms with Gasteiger partial charge in [0.05, 0.1) is 10.6 Å². The molecule has 37 heavy (non-hydrogen) atoms. The number of hydrogen-bond acceptors (Lipinski definition) is 4. The van der Waals surface area contributed by atoms with Gasteiger partial charge in [0.1, 0.15) is 18.4 Å². The van der Waals surface area contributed by atoms with Crippen LogP contribution in [0.2, 0.25) is 0 Å². The lowest BCUT2D eigenvalue weighted by Crippen LogP contribution is -2.52. The van der Waals surface area contributed by atoms with Gasteiger partial charge in [-0.3, -0.25) is 13.9 Å². The zero-order valence-electron chi connectivity index (χ0n) is 20.8. The Labute approximate surface area is 225 Å². The van der Waals surface area contributed by atoms with Crippen LogP contribution in [0.3, 0.4) is 0 Å². The zero-order chi connectivity index (χ0) is 27.2. The second kappa shape index (κ2) is 12.3. The van der Waals surface area contributed by atoms with Gasteiger partial charge in [0.25, 0.3) is 10.0 Å². The van der Waals surface area contributed by atoms with Gasteiger partial charge in [0, 0.05) is 17.1 Å². The number of anilines is 1. The van der Waals surface area contributed by atoms with E-state index in [1.165, 1.54) is 35.2 Å². The van der Waals surface area contributed by atoms with E-state index in [-0.39, 0.29) is 29.1 Å². The summed E-state index contributed by atoms with van der Waals surface area (Å²) in [6.07, 6.45) is 0. The van der Waals surface area contributed by atoms with Crippen LogP contribution in [-0.2, 0) is 26.2 Å². The van der Waals surface area contributed by atoms with Crippen LogP contribution in [0.4, 0.5) is 10.1 Å². The van der Waals surface area contributed by atoms with E-state index < -0.39 is 34.3 Å². The fraction of sp³-hybridized carbons (Fsp3) is 0.259. The Kier molecular flexibility index (Phi) is 9.45. The first kappa shape index (κ1) is 28.3. The summed E-state index contributed by atoms with van der Waals surface area (Å²) in [6, 6.07) is 19.0. The number of carbonyl (C=O) groups is 2. The summed E-state index contributed by atoms with van der Waals surface area (Å²) in [5.74, 6) is -1.83. The fourth-order valence-electron chi connectivity index (χ4n) is 3.66. The van der Waals surface area contributed by atoms with Crippen molar-refractivity contribution in [2.24, 2.45) is 0 Å². The molecule has 0 radical (unpaired) electrons. The molecule has 196 valence electrons. The highest BCUT2D eigenvalue weighted by molar-refractivity contribution is 9.10. The molecule has 0 saturated carbocycles. The summed E-state index contributed by atoms with van der Waals surface area (Å²) in [7, 11) is -4.31. The number of hydrogen-bond donors (Lipinski definition) is 1. The molecule has 0 aliphatic heterocycles. The van der Waals surface area contributed by atoms with Gasteiger partial charge in [0.15, 0.2) is 0 Å². The van der Waals surface area contributed by atoms with Crippen LogP contribution < -0.4 is 9.62 Å². The second-order valence-corrected chi connectivity index (χ2v) is 11.5. The summed E-state index contributed by atoms with van der Waals surface area (Å²) >= 11 is 3.38. The van der Waals surface area contributed by atoms with Gasteiger partial charge < -0.3 is 10.2 Å². The molecular formula is C27H29BrFN3O4S. The van der Waals surface area contributed by atoms with Crippen LogP contribution >= 0.6 is 15.9 Å². The molecule has 2 amide bonds. The first-order valence-electron chi connectivity index (χ1n) is 11.7. The lowest BCUT2D eigenvalue weighted by atomic mass is 10.1. The third-order valence-corrected chi connectivity index (χ3v) is 7.90. The van der Waals surface area contributed by atoms with Crippen molar-refractivity contribution in [3.05, 3.63) is 94.7 Å². The average molecular weight is 591 g/mol. The number of benzene rings is 3. The summed E-state index contributed by atoms with van der Waals surface area (Å²) < 4.78 is 43.6. The monoisotopic (exact) mass is 589 g/mol. The van der Waals surface area contributed by atoms with Gasteiger partial charge in [-0.1, -0.05) is 58.4 Å². The number of nitrogens with zero attached hydrogens (tertiary/aromatic N) is 2. The Hall–Kier alpha value is -3.24. The number of halogens is 2. The molecule has 1 N–H and O–H groups in total. The van der Waals surface area contributed by atoms with E-state index in [0.29, 0.717) is 0 Å². The van der Waals surface area contributed by atoms with Crippen LogP contribution in [0, 0.1) is 5.82 Å². The molecule has 1 unspecified atom stereocenters. The number of amides is 2. The molecule has 7 nitrogen and oxygen atoms in total. The zero-order valence-corrected chi connectivity index (χ0v) is 23.2. The largest absolute Gasteiger partial charge is 0.352 e. The van der Waals surface area contributed by atoms with Crippen molar-refractivity contribution in [3.8, 4) is 0 Å². The molecule has 0 bridgehead atoms. The lowest BCUT2D eigenvalue weighted by Gasteiger charge is -2.32. The lowest BCUT2D eigenvalue weighted by molar-refractivity contribution is -0.139. The Morgan fingerprint density at radius 3 is 2.11 bits per heavy atom. The van der Waals surface area contributed by atoms with Crippen molar-refractivity contribution in [3.63, 3.8) is 0 Å². The maximum atomic E-state index is 14.9. The molecule has 3 aromatic rings. The van der Waals surface area contributed by atoms with Crippen molar-refractivity contribution in [1.29, 1.82) is 0 Å². The molecule has 1 atom stereocenters. The van der Waals surface area contributed by atoms with Crippen LogP contribution in [0.5, 0.6) is 0 Å². The molecule has 10 heteroatoms. The van der Waals surface area contributed by atoms with Crippen molar-refractivity contribution in [2.45, 2.75) is 44.3 Å². The summed E-state index contributed by atoms with van der Waals surface area (Å²) in [5, 5.41) is 2.79. The van der Waals surface area contributed by atoms with Gasteiger partial charge >= 0.3 is 0 Å². The van der Waals surface area contributed by atoms with E-state index in [2.05, 4.69) is 21.2 Å². The maximum absolute atomic E-state index is 14.9. The van der Waals surface area contributed by atoms with Crippen molar-refractivity contribution >= 4 is 43.5 Å². The molecule has 0 heterocycles. The molecular weight excluding hydrogens is 561 g/mol. The highest BCUT2D eigenvalue weighted by Gasteiger charge is 2.33. The number of sulfonamides is 1. The summed E-state index contributed by atoms with van der Waals surface area (Å²) in [4.78, 5) is 27.8. The minimum atomic E-state index is -4.31. The molecule has 3 rings (SSSR count). The predicted octanol–water partition coefficient (Wildman–Crippen LogP) is 4.73. The quantitative estimate of drug-likeness (QED) is 0.370. The smallest absolute Gasteiger partial charge is 0.264 e. The average Bonchev–Trinajstić information content (AvgIpc) is 2.87. The molecule has 0 aliphatic carbocycles. The van der Waals surface area contributed by atoms with E-state index in [4.69, 9.17) is 0 Å². The number of nitrogens with one attached hydrogen (secondary N) is 1. The highest BCUT2D eigenvalue weighted by Crippen LogP contribution is 2.27. The SMILES string of the molecule is CC(C)NC(=O)C(C)N(Cc1ccc(Br)cc1)C(=O)CN(c1ccccc1F)S(=O)(=O)c1ccccc1. The van der Waals surface area contributed by atoms with Crippen LogP contribution in [-0.4, -0.2) is 43.8 Å². The predicted molar refractivity (Wildman–Crippen MR) is 145 cm³/mol. The van der Waals surface area contributed by atoms with E-state index >= 15 is 0 Å². The topological polar surface area (TPSA) is 86.8 Å². The van der Waals surface area contributed by atoms with Crippen molar-refractivity contribution < 1.29 is 22.4 Å². The van der Waals surface area contributed by atoms with Crippen LogP contribution in [0.1, 0.15) is 26.3 Å². The molecule has 0 aromatic heterocycles. The van der Waals surface area contributed by atoms with Crippen LogP contribution in [0.15, 0.2) is 88.2 Å². The number of para-hydroxylation sites is 1. The minimum Gasteiger partial charge on any atom is -0.352 e. The van der Waals surface area contributed by atoms with Gasteiger partial charge in [-0.05, 0) is 62.7 Å². The van der Waals surface area contributed by atoms with E-state index in [1.54, 1.807) is 51.1 Å². The molecule has 0 spiro atoms. The molecule has 0 fully saturated rings. The Morgan fingerprint density at radius 1 is 0.919 bits per heavy atom. The van der Waals surface area contributed by atoms with Crippen molar-refractivity contribution in [1.82, 2.24) is 10.2 Å². The Balaban J connectivity index is 2.02. The Bertz CT molecular complexity index is 1340. The van der Waals surface area contributed by atoms with Crippen molar-refractivity contribution in [2.75, 3.05) is 10.8 Å². The normalized spacial score (nSPS) is 12.2. The molecule has 3 aromatic carbocycles.